The van der Waals surface area contributed by atoms with Gasteiger partial charge in [0.05, 0.1) is 19.9 Å². The minimum atomic E-state index is -4.79. The molecule has 9 heteroatoms. The lowest BCUT2D eigenvalue weighted by molar-refractivity contribution is -0.140. The summed E-state index contributed by atoms with van der Waals surface area (Å²) in [4.78, 5) is 7.52. The molecular formula is C21H20F3N3O3. The number of rotatable bonds is 5. The zero-order chi connectivity index (χ0) is 22.1. The molecule has 3 rings (SSSR count). The fourth-order valence-corrected chi connectivity index (χ4v) is 3.18. The molecule has 3 aromatic rings. The van der Waals surface area contributed by atoms with Crippen LogP contribution in [0.1, 0.15) is 18.2 Å². The van der Waals surface area contributed by atoms with Crippen LogP contribution >= 0.6 is 0 Å². The van der Waals surface area contributed by atoms with E-state index in [1.54, 1.807) is 6.07 Å². The standard InChI is InChI=1S/C21H20F3N3O3/c1-4-11-9-14(15(28)10-16(11)30-3)18-17(12-5-7-13(29-2)8-6-12)19(21(22,23)24)27-20(25)26-18/h5-10,28H,4H2,1-3H3,(H2,25,26,27). The molecule has 0 unspecified atom stereocenters. The average Bonchev–Trinajstić information content (AvgIpc) is 2.72. The van der Waals surface area contributed by atoms with Crippen molar-refractivity contribution >= 4 is 5.95 Å². The zero-order valence-corrected chi connectivity index (χ0v) is 16.5. The summed E-state index contributed by atoms with van der Waals surface area (Å²) in [5.74, 6) is 0.0569. The molecule has 2 aromatic carbocycles. The number of nitrogens with two attached hydrogens (primary N) is 1. The number of ether oxygens (including phenoxy) is 2. The third kappa shape index (κ3) is 3.96. The van der Waals surface area contributed by atoms with Gasteiger partial charge in [-0.25, -0.2) is 9.97 Å². The molecule has 0 saturated carbocycles. The van der Waals surface area contributed by atoms with Gasteiger partial charge in [0.2, 0.25) is 5.95 Å². The van der Waals surface area contributed by atoms with E-state index in [1.807, 2.05) is 6.92 Å². The van der Waals surface area contributed by atoms with E-state index >= 15 is 0 Å². The highest BCUT2D eigenvalue weighted by molar-refractivity contribution is 5.86. The Morgan fingerprint density at radius 2 is 1.70 bits per heavy atom. The van der Waals surface area contributed by atoms with E-state index in [9.17, 15) is 18.3 Å². The molecule has 0 aliphatic heterocycles. The molecule has 6 nitrogen and oxygen atoms in total. The van der Waals surface area contributed by atoms with E-state index in [4.69, 9.17) is 15.2 Å². The van der Waals surface area contributed by atoms with Crippen LogP contribution in [0.4, 0.5) is 19.1 Å². The number of hydrogen-bond acceptors (Lipinski definition) is 6. The Balaban J connectivity index is 2.38. The Labute approximate surface area is 171 Å². The molecule has 1 heterocycles. The van der Waals surface area contributed by atoms with Gasteiger partial charge < -0.3 is 20.3 Å². The third-order valence-electron chi connectivity index (χ3n) is 4.61. The normalized spacial score (nSPS) is 11.4. The van der Waals surface area contributed by atoms with E-state index in [0.717, 1.165) is 0 Å². The second kappa shape index (κ2) is 8.10. The van der Waals surface area contributed by atoms with Gasteiger partial charge in [-0.3, -0.25) is 0 Å². The number of phenols is 1. The lowest BCUT2D eigenvalue weighted by Gasteiger charge is -2.18. The van der Waals surface area contributed by atoms with E-state index in [1.165, 1.54) is 44.6 Å². The number of nitrogen functional groups attached to an aromatic ring is 1. The molecule has 3 N–H and O–H groups in total. The Hall–Kier alpha value is -3.49. The Morgan fingerprint density at radius 3 is 2.23 bits per heavy atom. The van der Waals surface area contributed by atoms with Crippen LogP contribution in [-0.2, 0) is 12.6 Å². The van der Waals surface area contributed by atoms with Crippen LogP contribution in [0.15, 0.2) is 36.4 Å². The lowest BCUT2D eigenvalue weighted by atomic mass is 9.95. The van der Waals surface area contributed by atoms with Crippen molar-refractivity contribution in [1.82, 2.24) is 9.97 Å². The molecule has 0 radical (unpaired) electrons. The smallest absolute Gasteiger partial charge is 0.434 e. The Morgan fingerprint density at radius 1 is 1.03 bits per heavy atom. The van der Waals surface area contributed by atoms with Crippen molar-refractivity contribution in [3.63, 3.8) is 0 Å². The minimum absolute atomic E-state index is 0.0954. The third-order valence-corrected chi connectivity index (χ3v) is 4.61. The van der Waals surface area contributed by atoms with Crippen LogP contribution in [-0.4, -0.2) is 29.3 Å². The van der Waals surface area contributed by atoms with Crippen molar-refractivity contribution in [2.75, 3.05) is 20.0 Å². The highest BCUT2D eigenvalue weighted by Gasteiger charge is 2.38. The second-order valence-corrected chi connectivity index (χ2v) is 6.42. The van der Waals surface area contributed by atoms with Crippen LogP contribution in [0.3, 0.4) is 0 Å². The molecule has 0 aliphatic carbocycles. The van der Waals surface area contributed by atoms with Crippen LogP contribution in [0.25, 0.3) is 22.4 Å². The first-order valence-electron chi connectivity index (χ1n) is 8.99. The number of alkyl halides is 3. The number of hydrogen-bond donors (Lipinski definition) is 2. The molecule has 0 spiro atoms. The lowest BCUT2D eigenvalue weighted by Crippen LogP contribution is -2.14. The maximum absolute atomic E-state index is 13.9. The number of halogens is 3. The number of aromatic hydroxyl groups is 1. The SMILES string of the molecule is CCc1cc(-c2nc(N)nc(C(F)(F)F)c2-c2ccc(OC)cc2)c(O)cc1OC. The van der Waals surface area contributed by atoms with Crippen LogP contribution in [0.2, 0.25) is 0 Å². The first-order chi connectivity index (χ1) is 14.2. The molecule has 0 aliphatic rings. The van der Waals surface area contributed by atoms with E-state index in [-0.39, 0.29) is 28.1 Å². The fourth-order valence-electron chi connectivity index (χ4n) is 3.18. The van der Waals surface area contributed by atoms with E-state index in [0.29, 0.717) is 23.5 Å². The first-order valence-corrected chi connectivity index (χ1v) is 8.99. The predicted octanol–water partition coefficient (Wildman–Crippen LogP) is 4.70. The number of methoxy groups -OCH3 is 2. The minimum Gasteiger partial charge on any atom is -0.507 e. The van der Waals surface area contributed by atoms with Gasteiger partial charge in [-0.1, -0.05) is 19.1 Å². The fraction of sp³-hybridized carbons (Fsp3) is 0.238. The summed E-state index contributed by atoms with van der Waals surface area (Å²) < 4.78 is 51.9. The largest absolute Gasteiger partial charge is 0.507 e. The summed E-state index contributed by atoms with van der Waals surface area (Å²) in [5.41, 5.74) is 4.99. The van der Waals surface area contributed by atoms with E-state index < -0.39 is 17.8 Å². The van der Waals surface area contributed by atoms with Gasteiger partial charge in [0.1, 0.15) is 17.2 Å². The molecule has 0 amide bonds. The maximum Gasteiger partial charge on any atom is 0.434 e. The molecule has 0 bridgehead atoms. The van der Waals surface area contributed by atoms with Gasteiger partial charge >= 0.3 is 6.18 Å². The molecular weight excluding hydrogens is 399 g/mol. The van der Waals surface area contributed by atoms with Gasteiger partial charge in [-0.05, 0) is 35.7 Å². The number of benzene rings is 2. The monoisotopic (exact) mass is 419 g/mol. The van der Waals surface area contributed by atoms with Gasteiger partial charge in [-0.15, -0.1) is 0 Å². The second-order valence-electron chi connectivity index (χ2n) is 6.42. The summed E-state index contributed by atoms with van der Waals surface area (Å²) in [7, 11) is 2.90. The van der Waals surface area contributed by atoms with Crippen molar-refractivity contribution in [2.24, 2.45) is 0 Å². The topological polar surface area (TPSA) is 90.5 Å². The number of aryl methyl sites for hydroxylation is 1. The number of phenolic OH excluding ortho intramolecular Hbond substituents is 1. The molecule has 1 aromatic heterocycles. The highest BCUT2D eigenvalue weighted by Crippen LogP contribution is 2.44. The molecule has 0 atom stereocenters. The molecule has 30 heavy (non-hydrogen) atoms. The summed E-state index contributed by atoms with van der Waals surface area (Å²) in [5, 5.41) is 10.6. The Bertz CT molecular complexity index is 1070. The zero-order valence-electron chi connectivity index (χ0n) is 16.5. The van der Waals surface area contributed by atoms with Gasteiger partial charge in [0.25, 0.3) is 0 Å². The summed E-state index contributed by atoms with van der Waals surface area (Å²) >= 11 is 0. The van der Waals surface area contributed by atoms with Crippen molar-refractivity contribution in [1.29, 1.82) is 0 Å². The van der Waals surface area contributed by atoms with Crippen LogP contribution in [0, 0.1) is 0 Å². The van der Waals surface area contributed by atoms with Gasteiger partial charge in [0.15, 0.2) is 5.69 Å². The number of anilines is 1. The van der Waals surface area contributed by atoms with Crippen molar-refractivity contribution in [3.05, 3.63) is 47.7 Å². The molecule has 0 fully saturated rings. The predicted molar refractivity (Wildman–Crippen MR) is 106 cm³/mol. The number of aromatic nitrogens is 2. The van der Waals surface area contributed by atoms with E-state index in [2.05, 4.69) is 9.97 Å². The van der Waals surface area contributed by atoms with Crippen molar-refractivity contribution < 1.29 is 27.8 Å². The van der Waals surface area contributed by atoms with Gasteiger partial charge in [0, 0.05) is 17.2 Å². The average molecular weight is 419 g/mol. The highest BCUT2D eigenvalue weighted by atomic mass is 19.4. The summed E-state index contributed by atoms with van der Waals surface area (Å²) in [6.07, 6.45) is -4.27. The molecule has 158 valence electrons. The quantitative estimate of drug-likeness (QED) is 0.623. The number of nitrogens with zero attached hydrogens (tertiary/aromatic N) is 2. The van der Waals surface area contributed by atoms with Crippen LogP contribution < -0.4 is 15.2 Å². The van der Waals surface area contributed by atoms with Gasteiger partial charge in [-0.2, -0.15) is 13.2 Å². The Kier molecular flexibility index (Phi) is 5.73. The first kappa shape index (κ1) is 21.2. The molecule has 0 saturated heterocycles. The van der Waals surface area contributed by atoms with Crippen molar-refractivity contribution in [2.45, 2.75) is 19.5 Å². The van der Waals surface area contributed by atoms with Crippen LogP contribution in [0.5, 0.6) is 17.2 Å². The summed E-state index contributed by atoms with van der Waals surface area (Å²) in [6, 6.07) is 8.88. The maximum atomic E-state index is 13.9. The van der Waals surface area contributed by atoms with Crippen molar-refractivity contribution in [3.8, 4) is 39.6 Å². The summed E-state index contributed by atoms with van der Waals surface area (Å²) in [6.45, 7) is 1.86.